The molecule has 0 bridgehead atoms. The van der Waals surface area contributed by atoms with Crippen molar-refractivity contribution < 1.29 is 4.79 Å². The van der Waals surface area contributed by atoms with Gasteiger partial charge in [0.2, 0.25) is 5.91 Å². The number of amides is 1. The van der Waals surface area contributed by atoms with E-state index in [2.05, 4.69) is 47.2 Å². The van der Waals surface area contributed by atoms with Crippen molar-refractivity contribution in [2.24, 2.45) is 0 Å². The molecule has 2 nitrogen and oxygen atoms in total. The van der Waals surface area contributed by atoms with Crippen LogP contribution >= 0.6 is 15.9 Å². The van der Waals surface area contributed by atoms with Gasteiger partial charge in [0.25, 0.3) is 0 Å². The largest absolute Gasteiger partial charge is 0.353 e. The first-order chi connectivity index (χ1) is 8.08. The van der Waals surface area contributed by atoms with E-state index in [-0.39, 0.29) is 17.9 Å². The predicted molar refractivity (Wildman–Crippen MR) is 73.5 cm³/mol. The number of carbonyl (C=O) groups excluding carboxylic acids is 1. The second-order valence-corrected chi connectivity index (χ2v) is 6.44. The minimum atomic E-state index is 0.0688. The molecule has 3 heteroatoms. The lowest BCUT2D eigenvalue weighted by Gasteiger charge is -2.30. The molecule has 1 aromatic rings. The van der Waals surface area contributed by atoms with Crippen LogP contribution in [-0.2, 0) is 11.2 Å². The highest BCUT2D eigenvalue weighted by molar-refractivity contribution is 9.09. The molecule has 3 atom stereocenters. The van der Waals surface area contributed by atoms with E-state index in [9.17, 15) is 4.79 Å². The summed E-state index contributed by atoms with van der Waals surface area (Å²) in [6.45, 7) is 4.15. The molecule has 0 radical (unpaired) electrons. The number of rotatable bonds is 4. The first-order valence-electron chi connectivity index (χ1n) is 6.10. The third kappa shape index (κ3) is 2.89. The summed E-state index contributed by atoms with van der Waals surface area (Å²) in [6, 6.07) is 8.42. The molecule has 17 heavy (non-hydrogen) atoms. The van der Waals surface area contributed by atoms with Gasteiger partial charge in [-0.1, -0.05) is 47.1 Å². The SMILES string of the molecule is CC(Br)CC(C)NC(=O)C1Cc2ccccc21. The molecule has 0 saturated carbocycles. The average Bonchev–Trinajstić information content (AvgIpc) is 2.18. The van der Waals surface area contributed by atoms with Gasteiger partial charge in [0.1, 0.15) is 0 Å². The monoisotopic (exact) mass is 295 g/mol. The van der Waals surface area contributed by atoms with E-state index in [1.807, 2.05) is 12.1 Å². The number of benzene rings is 1. The summed E-state index contributed by atoms with van der Waals surface area (Å²) in [5.74, 6) is 0.239. The normalized spacial score (nSPS) is 21.0. The van der Waals surface area contributed by atoms with Gasteiger partial charge < -0.3 is 5.32 Å². The van der Waals surface area contributed by atoms with Crippen LogP contribution in [0.15, 0.2) is 24.3 Å². The Hall–Kier alpha value is -0.830. The number of hydrogen-bond acceptors (Lipinski definition) is 1. The summed E-state index contributed by atoms with van der Waals surface area (Å²) in [7, 11) is 0. The second kappa shape index (κ2) is 5.21. The maximum Gasteiger partial charge on any atom is 0.228 e. The molecule has 0 heterocycles. The van der Waals surface area contributed by atoms with E-state index in [1.165, 1.54) is 11.1 Å². The molecule has 0 saturated heterocycles. The van der Waals surface area contributed by atoms with Crippen molar-refractivity contribution in [2.45, 2.75) is 43.5 Å². The summed E-state index contributed by atoms with van der Waals surface area (Å²) in [4.78, 5) is 12.5. The number of hydrogen-bond donors (Lipinski definition) is 1. The lowest BCUT2D eigenvalue weighted by Crippen LogP contribution is -2.40. The molecule has 2 rings (SSSR count). The third-order valence-corrected chi connectivity index (χ3v) is 3.61. The molecular weight excluding hydrogens is 278 g/mol. The van der Waals surface area contributed by atoms with E-state index in [0.717, 1.165) is 12.8 Å². The number of fused-ring (bicyclic) bond motifs is 1. The van der Waals surface area contributed by atoms with Gasteiger partial charge in [0, 0.05) is 10.9 Å². The molecule has 3 unspecified atom stereocenters. The maximum atomic E-state index is 12.1. The number of carbonyl (C=O) groups is 1. The fraction of sp³-hybridized carbons (Fsp3) is 0.500. The van der Waals surface area contributed by atoms with Crippen molar-refractivity contribution in [2.75, 3.05) is 0 Å². The van der Waals surface area contributed by atoms with Crippen molar-refractivity contribution in [1.82, 2.24) is 5.32 Å². The number of alkyl halides is 1. The molecule has 1 aromatic carbocycles. The Balaban J connectivity index is 1.91. The van der Waals surface area contributed by atoms with Crippen LogP contribution in [0.4, 0.5) is 0 Å². The Bertz CT molecular complexity index is 416. The Kier molecular flexibility index (Phi) is 3.87. The quantitative estimate of drug-likeness (QED) is 0.850. The Morgan fingerprint density at radius 1 is 1.47 bits per heavy atom. The first-order valence-corrected chi connectivity index (χ1v) is 7.01. The summed E-state index contributed by atoms with van der Waals surface area (Å²) in [6.07, 6.45) is 1.85. The van der Waals surface area contributed by atoms with Gasteiger partial charge in [-0.25, -0.2) is 0 Å². The summed E-state index contributed by atoms with van der Waals surface area (Å²) in [5.41, 5.74) is 2.51. The van der Waals surface area contributed by atoms with Gasteiger partial charge in [-0.3, -0.25) is 4.79 Å². The van der Waals surface area contributed by atoms with E-state index in [1.54, 1.807) is 0 Å². The lowest BCUT2D eigenvalue weighted by molar-refractivity contribution is -0.123. The summed E-state index contributed by atoms with van der Waals surface area (Å²) in [5, 5.41) is 3.09. The van der Waals surface area contributed by atoms with E-state index < -0.39 is 0 Å². The van der Waals surface area contributed by atoms with Crippen LogP contribution in [0, 0.1) is 0 Å². The zero-order chi connectivity index (χ0) is 12.4. The third-order valence-electron chi connectivity index (χ3n) is 3.24. The van der Waals surface area contributed by atoms with Crippen LogP contribution in [0.5, 0.6) is 0 Å². The topological polar surface area (TPSA) is 29.1 Å². The van der Waals surface area contributed by atoms with Crippen LogP contribution in [0.2, 0.25) is 0 Å². The van der Waals surface area contributed by atoms with Crippen molar-refractivity contribution >= 4 is 21.8 Å². The molecule has 0 aliphatic heterocycles. The maximum absolute atomic E-state index is 12.1. The van der Waals surface area contributed by atoms with Crippen molar-refractivity contribution in [3.05, 3.63) is 35.4 Å². The smallest absolute Gasteiger partial charge is 0.228 e. The Labute approximate surface area is 111 Å². The highest BCUT2D eigenvalue weighted by Crippen LogP contribution is 2.34. The van der Waals surface area contributed by atoms with Gasteiger partial charge in [-0.05, 0) is 30.9 Å². The second-order valence-electron chi connectivity index (χ2n) is 4.88. The molecule has 0 aromatic heterocycles. The molecule has 1 aliphatic rings. The molecule has 92 valence electrons. The number of nitrogens with one attached hydrogen (secondary N) is 1. The van der Waals surface area contributed by atoms with Gasteiger partial charge in [-0.2, -0.15) is 0 Å². The fourth-order valence-electron chi connectivity index (χ4n) is 2.38. The van der Waals surface area contributed by atoms with Crippen molar-refractivity contribution in [3.63, 3.8) is 0 Å². The lowest BCUT2D eigenvalue weighted by atomic mass is 9.77. The van der Waals surface area contributed by atoms with Gasteiger partial charge in [-0.15, -0.1) is 0 Å². The zero-order valence-electron chi connectivity index (χ0n) is 10.2. The highest BCUT2D eigenvalue weighted by atomic mass is 79.9. The van der Waals surface area contributed by atoms with Crippen LogP contribution in [0.3, 0.4) is 0 Å². The summed E-state index contributed by atoms with van der Waals surface area (Å²) < 4.78 is 0. The molecule has 1 amide bonds. The van der Waals surface area contributed by atoms with E-state index in [0.29, 0.717) is 4.83 Å². The van der Waals surface area contributed by atoms with Gasteiger partial charge >= 0.3 is 0 Å². The van der Waals surface area contributed by atoms with Crippen LogP contribution in [-0.4, -0.2) is 16.8 Å². The molecule has 1 aliphatic carbocycles. The van der Waals surface area contributed by atoms with Crippen LogP contribution in [0.25, 0.3) is 0 Å². The van der Waals surface area contributed by atoms with Gasteiger partial charge in [0.05, 0.1) is 5.92 Å². The predicted octanol–water partition coefficient (Wildman–Crippen LogP) is 3.00. The molecule has 0 spiro atoms. The first kappa shape index (κ1) is 12.6. The average molecular weight is 296 g/mol. The van der Waals surface area contributed by atoms with Crippen molar-refractivity contribution in [3.8, 4) is 0 Å². The molecular formula is C14H18BrNO. The van der Waals surface area contributed by atoms with Crippen LogP contribution in [0.1, 0.15) is 37.3 Å². The van der Waals surface area contributed by atoms with Crippen LogP contribution < -0.4 is 5.32 Å². The fourth-order valence-corrected chi connectivity index (χ4v) is 2.94. The minimum absolute atomic E-state index is 0.0688. The minimum Gasteiger partial charge on any atom is -0.353 e. The van der Waals surface area contributed by atoms with E-state index in [4.69, 9.17) is 0 Å². The molecule has 1 N–H and O–H groups in total. The summed E-state index contributed by atoms with van der Waals surface area (Å²) >= 11 is 3.51. The van der Waals surface area contributed by atoms with Gasteiger partial charge in [0.15, 0.2) is 0 Å². The Morgan fingerprint density at radius 3 is 2.82 bits per heavy atom. The zero-order valence-corrected chi connectivity index (χ0v) is 11.8. The van der Waals surface area contributed by atoms with Crippen molar-refractivity contribution in [1.29, 1.82) is 0 Å². The van der Waals surface area contributed by atoms with E-state index >= 15 is 0 Å². The standard InChI is InChI=1S/C14H18BrNO/c1-9(15)7-10(2)16-14(17)13-8-11-5-3-4-6-12(11)13/h3-6,9-10,13H,7-8H2,1-2H3,(H,16,17). The number of halogens is 1. The highest BCUT2D eigenvalue weighted by Gasteiger charge is 2.32. The Morgan fingerprint density at radius 2 is 2.18 bits per heavy atom. The molecule has 0 fully saturated rings.